The molecule has 1 aromatic carbocycles. The van der Waals surface area contributed by atoms with Gasteiger partial charge in [0.2, 0.25) is 0 Å². The first kappa shape index (κ1) is 18.0. The molecule has 142 valence electrons. The molecule has 1 aliphatic heterocycles. The third kappa shape index (κ3) is 4.14. The summed E-state index contributed by atoms with van der Waals surface area (Å²) in [5, 5.41) is 3.18. The lowest BCUT2D eigenvalue weighted by Gasteiger charge is -2.34. The normalized spacial score (nSPS) is 15.3. The highest BCUT2D eigenvalue weighted by molar-refractivity contribution is 7.13. The van der Waals surface area contributed by atoms with Crippen LogP contribution in [0.4, 0.5) is 5.13 Å². The Bertz CT molecular complexity index is 868. The molecule has 0 unspecified atom stereocenters. The summed E-state index contributed by atoms with van der Waals surface area (Å²) >= 11 is 1.72. The summed E-state index contributed by atoms with van der Waals surface area (Å²) in [7, 11) is 1.73. The van der Waals surface area contributed by atoms with Crippen LogP contribution in [0.15, 0.2) is 42.2 Å². The molecule has 0 bridgehead atoms. The van der Waals surface area contributed by atoms with E-state index in [0.717, 1.165) is 56.0 Å². The second-order valence-corrected chi connectivity index (χ2v) is 7.70. The lowest BCUT2D eigenvalue weighted by atomic mass is 10.1. The highest BCUT2D eigenvalue weighted by atomic mass is 32.1. The van der Waals surface area contributed by atoms with E-state index < -0.39 is 0 Å². The van der Waals surface area contributed by atoms with Gasteiger partial charge < -0.3 is 14.2 Å². The van der Waals surface area contributed by atoms with Crippen molar-refractivity contribution in [1.29, 1.82) is 0 Å². The van der Waals surface area contributed by atoms with E-state index in [9.17, 15) is 0 Å². The van der Waals surface area contributed by atoms with Crippen molar-refractivity contribution in [3.8, 4) is 5.75 Å². The van der Waals surface area contributed by atoms with E-state index in [1.54, 1.807) is 18.4 Å². The third-order valence-electron chi connectivity index (χ3n) is 5.08. The predicted molar refractivity (Wildman–Crippen MR) is 109 cm³/mol. The van der Waals surface area contributed by atoms with Crippen molar-refractivity contribution >= 4 is 16.5 Å². The van der Waals surface area contributed by atoms with Crippen LogP contribution in [0, 0.1) is 6.92 Å². The van der Waals surface area contributed by atoms with Crippen molar-refractivity contribution in [2.24, 2.45) is 0 Å². The maximum atomic E-state index is 5.57. The number of hydrogen-bond acceptors (Lipinski definition) is 6. The minimum atomic E-state index is 0.778. The number of hydrogen-bond donors (Lipinski definition) is 0. The Morgan fingerprint density at radius 1 is 1.07 bits per heavy atom. The Morgan fingerprint density at radius 3 is 2.59 bits per heavy atom. The zero-order chi connectivity index (χ0) is 18.6. The summed E-state index contributed by atoms with van der Waals surface area (Å²) in [6.07, 6.45) is 5.74. The van der Waals surface area contributed by atoms with Crippen LogP contribution in [0.1, 0.15) is 17.0 Å². The van der Waals surface area contributed by atoms with Crippen LogP contribution >= 0.6 is 11.3 Å². The molecule has 0 amide bonds. The standard InChI is InChI=1S/C20H25N5OS/c1-16-21-5-7-25(16)15-18-13-17(3-4-19(18)26-2)14-23-8-10-24(11-9-23)20-22-6-12-27-20/h3-7,12-13H,8-11,14-15H2,1-2H3. The van der Waals surface area contributed by atoms with Gasteiger partial charge in [0.05, 0.1) is 13.7 Å². The maximum Gasteiger partial charge on any atom is 0.185 e. The molecule has 1 saturated heterocycles. The van der Waals surface area contributed by atoms with Crippen LogP contribution in [0.2, 0.25) is 0 Å². The van der Waals surface area contributed by atoms with E-state index in [1.807, 2.05) is 30.9 Å². The zero-order valence-electron chi connectivity index (χ0n) is 15.8. The van der Waals surface area contributed by atoms with Gasteiger partial charge in [-0.15, -0.1) is 11.3 Å². The predicted octanol–water partition coefficient (Wildman–Crippen LogP) is 3.03. The van der Waals surface area contributed by atoms with Crippen molar-refractivity contribution < 1.29 is 4.74 Å². The van der Waals surface area contributed by atoms with E-state index in [-0.39, 0.29) is 0 Å². The number of imidazole rings is 1. The molecule has 0 spiro atoms. The van der Waals surface area contributed by atoms with Gasteiger partial charge in [0.15, 0.2) is 5.13 Å². The Morgan fingerprint density at radius 2 is 1.93 bits per heavy atom. The maximum absolute atomic E-state index is 5.57. The van der Waals surface area contributed by atoms with E-state index in [0.29, 0.717) is 0 Å². The molecule has 0 saturated carbocycles. The first-order valence-electron chi connectivity index (χ1n) is 9.23. The number of anilines is 1. The van der Waals surface area contributed by atoms with Gasteiger partial charge in [-0.1, -0.05) is 6.07 Å². The summed E-state index contributed by atoms with van der Waals surface area (Å²) in [5.74, 6) is 1.95. The fraction of sp³-hybridized carbons (Fsp3) is 0.400. The number of benzene rings is 1. The van der Waals surface area contributed by atoms with Gasteiger partial charge in [-0.25, -0.2) is 9.97 Å². The molecule has 0 atom stereocenters. The number of piperazine rings is 1. The first-order chi connectivity index (χ1) is 13.2. The molecule has 3 heterocycles. The third-order valence-corrected chi connectivity index (χ3v) is 5.91. The molecule has 0 radical (unpaired) electrons. The molecule has 1 aliphatic rings. The lowest BCUT2D eigenvalue weighted by Crippen LogP contribution is -2.45. The van der Waals surface area contributed by atoms with Gasteiger partial charge in [0.25, 0.3) is 0 Å². The highest BCUT2D eigenvalue weighted by Crippen LogP contribution is 2.24. The second kappa shape index (κ2) is 8.10. The molecule has 2 aromatic heterocycles. The SMILES string of the molecule is COc1ccc(CN2CCN(c3nccs3)CC2)cc1Cn1ccnc1C. The van der Waals surface area contributed by atoms with Gasteiger partial charge in [-0.05, 0) is 24.6 Å². The van der Waals surface area contributed by atoms with Gasteiger partial charge in [-0.3, -0.25) is 4.90 Å². The van der Waals surface area contributed by atoms with Crippen LogP contribution in [0.3, 0.4) is 0 Å². The van der Waals surface area contributed by atoms with Crippen LogP contribution in [-0.2, 0) is 13.1 Å². The largest absolute Gasteiger partial charge is 0.496 e. The van der Waals surface area contributed by atoms with Crippen molar-refractivity contribution in [2.45, 2.75) is 20.0 Å². The molecular formula is C20H25N5OS. The summed E-state index contributed by atoms with van der Waals surface area (Å²) in [6.45, 7) is 7.95. The van der Waals surface area contributed by atoms with E-state index in [2.05, 4.69) is 42.5 Å². The van der Waals surface area contributed by atoms with Crippen molar-refractivity contribution in [3.63, 3.8) is 0 Å². The monoisotopic (exact) mass is 383 g/mol. The van der Waals surface area contributed by atoms with Gasteiger partial charge in [0, 0.05) is 62.3 Å². The fourth-order valence-corrected chi connectivity index (χ4v) is 4.23. The number of ether oxygens (including phenoxy) is 1. The Labute approximate surface area is 164 Å². The molecule has 0 aliphatic carbocycles. The number of aryl methyl sites for hydroxylation is 1. The van der Waals surface area contributed by atoms with Gasteiger partial charge >= 0.3 is 0 Å². The number of methoxy groups -OCH3 is 1. The molecule has 7 heteroatoms. The van der Waals surface area contributed by atoms with Crippen molar-refractivity contribution in [3.05, 3.63) is 59.1 Å². The van der Waals surface area contributed by atoms with E-state index in [4.69, 9.17) is 4.74 Å². The smallest absolute Gasteiger partial charge is 0.185 e. The Hall–Kier alpha value is -2.38. The Kier molecular flexibility index (Phi) is 5.40. The number of rotatable bonds is 6. The minimum absolute atomic E-state index is 0.778. The Balaban J connectivity index is 1.42. The van der Waals surface area contributed by atoms with Crippen LogP contribution in [0.25, 0.3) is 0 Å². The van der Waals surface area contributed by atoms with Crippen LogP contribution in [-0.4, -0.2) is 52.7 Å². The zero-order valence-corrected chi connectivity index (χ0v) is 16.7. The molecule has 1 fully saturated rings. The minimum Gasteiger partial charge on any atom is -0.496 e. The molecule has 6 nitrogen and oxygen atoms in total. The van der Waals surface area contributed by atoms with Crippen molar-refractivity contribution in [1.82, 2.24) is 19.4 Å². The molecule has 3 aromatic rings. The number of aromatic nitrogens is 3. The summed E-state index contributed by atoms with van der Waals surface area (Å²) in [5.41, 5.74) is 2.52. The number of nitrogens with zero attached hydrogens (tertiary/aromatic N) is 5. The van der Waals surface area contributed by atoms with E-state index in [1.165, 1.54) is 11.1 Å². The summed E-state index contributed by atoms with van der Waals surface area (Å²) < 4.78 is 7.72. The average Bonchev–Trinajstić information content (AvgIpc) is 3.35. The second-order valence-electron chi connectivity index (χ2n) is 6.83. The molecule has 4 rings (SSSR count). The van der Waals surface area contributed by atoms with Gasteiger partial charge in [0.1, 0.15) is 11.6 Å². The molecular weight excluding hydrogens is 358 g/mol. The topological polar surface area (TPSA) is 46.4 Å². The van der Waals surface area contributed by atoms with Crippen LogP contribution < -0.4 is 9.64 Å². The fourth-order valence-electron chi connectivity index (χ4n) is 3.54. The number of thiazole rings is 1. The molecule has 0 N–H and O–H groups in total. The average molecular weight is 384 g/mol. The highest BCUT2D eigenvalue weighted by Gasteiger charge is 2.19. The summed E-state index contributed by atoms with van der Waals surface area (Å²) in [6, 6.07) is 6.53. The summed E-state index contributed by atoms with van der Waals surface area (Å²) in [4.78, 5) is 13.6. The van der Waals surface area contributed by atoms with E-state index >= 15 is 0 Å². The quantitative estimate of drug-likeness (QED) is 0.655. The first-order valence-corrected chi connectivity index (χ1v) is 10.1. The van der Waals surface area contributed by atoms with Crippen molar-refractivity contribution in [2.75, 3.05) is 38.2 Å². The molecule has 27 heavy (non-hydrogen) atoms. The van der Waals surface area contributed by atoms with Crippen LogP contribution in [0.5, 0.6) is 5.75 Å². The van der Waals surface area contributed by atoms with Gasteiger partial charge in [-0.2, -0.15) is 0 Å². The lowest BCUT2D eigenvalue weighted by molar-refractivity contribution is 0.249.